The average Bonchev–Trinajstić information content (AvgIpc) is 3.03. The first-order valence-corrected chi connectivity index (χ1v) is 13.7. The molecule has 8 nitrogen and oxygen atoms in total. The molecule has 2 amide bonds. The Kier molecular flexibility index (Phi) is 11.3. The average molecular weight is 563 g/mol. The Morgan fingerprint density at radius 1 is 0.476 bits per heavy atom. The molecule has 8 heteroatoms. The van der Waals surface area contributed by atoms with Gasteiger partial charge < -0.3 is 10.2 Å². The van der Waals surface area contributed by atoms with Crippen molar-refractivity contribution < 1.29 is 19.8 Å². The van der Waals surface area contributed by atoms with Crippen molar-refractivity contribution in [1.82, 2.24) is 10.9 Å². The molecule has 2 atom stereocenters. The Labute approximate surface area is 245 Å². The van der Waals surface area contributed by atoms with Crippen LogP contribution in [0, 0.1) is 0 Å². The fourth-order valence-corrected chi connectivity index (χ4v) is 4.30. The fourth-order valence-electron chi connectivity index (χ4n) is 4.30. The number of aliphatic hydroxyl groups excluding tert-OH is 2. The highest BCUT2D eigenvalue weighted by Crippen LogP contribution is 2.09. The van der Waals surface area contributed by atoms with E-state index in [9.17, 15) is 19.8 Å². The van der Waals surface area contributed by atoms with Gasteiger partial charge in [0, 0.05) is 37.1 Å². The van der Waals surface area contributed by atoms with E-state index in [1.165, 1.54) is 0 Å². The molecule has 214 valence electrons. The lowest BCUT2D eigenvalue weighted by molar-refractivity contribution is -0.146. The van der Waals surface area contributed by atoms with Gasteiger partial charge in [-0.3, -0.25) is 9.59 Å². The van der Waals surface area contributed by atoms with Gasteiger partial charge in [0.1, 0.15) is 0 Å². The third kappa shape index (κ3) is 9.62. The van der Waals surface area contributed by atoms with Gasteiger partial charge in [-0.25, -0.2) is 10.9 Å². The van der Waals surface area contributed by atoms with Gasteiger partial charge >= 0.3 is 0 Å². The maximum Gasteiger partial charge on any atom is 0.272 e. The number of amides is 2. The van der Waals surface area contributed by atoms with Crippen LogP contribution in [0.3, 0.4) is 0 Å². The summed E-state index contributed by atoms with van der Waals surface area (Å²) in [5.74, 6) is -2.01. The van der Waals surface area contributed by atoms with Gasteiger partial charge in [-0.05, 0) is 22.3 Å². The Hall–Kier alpha value is -4.92. The van der Waals surface area contributed by atoms with Crippen molar-refractivity contribution in [1.29, 1.82) is 0 Å². The molecule has 0 spiro atoms. The number of nitrogens with zero attached hydrogens (tertiary/aromatic N) is 2. The van der Waals surface area contributed by atoms with Crippen LogP contribution >= 0.6 is 0 Å². The van der Waals surface area contributed by atoms with Gasteiger partial charge in [-0.1, -0.05) is 121 Å². The fraction of sp³-hybridized carbons (Fsp3) is 0.176. The van der Waals surface area contributed by atoms with Crippen molar-refractivity contribution >= 4 is 23.2 Å². The van der Waals surface area contributed by atoms with Crippen LogP contribution in [0.4, 0.5) is 0 Å². The van der Waals surface area contributed by atoms with E-state index in [1.807, 2.05) is 121 Å². The molecule has 0 aliphatic heterocycles. The smallest absolute Gasteiger partial charge is 0.272 e. The lowest BCUT2D eigenvalue weighted by Gasteiger charge is -2.16. The summed E-state index contributed by atoms with van der Waals surface area (Å²) >= 11 is 0. The minimum absolute atomic E-state index is 0.468. The molecule has 0 fully saturated rings. The molecule has 4 N–H and O–H groups in total. The normalized spacial score (nSPS) is 12.0. The number of benzene rings is 4. The Bertz CT molecular complexity index is 1280. The monoisotopic (exact) mass is 562 g/mol. The Balaban J connectivity index is 1.40. The highest BCUT2D eigenvalue weighted by atomic mass is 16.3. The summed E-state index contributed by atoms with van der Waals surface area (Å²) in [6, 6.07) is 38.6. The number of carbonyl (C=O) groups is 2. The first-order chi connectivity index (χ1) is 20.5. The SMILES string of the molecule is O=C(NN=C(Cc1ccccc1)Cc1ccccc1)[C@@H](O)[C@H](O)C(=O)NN=C(Cc1ccccc1)Cc1ccccc1. The van der Waals surface area contributed by atoms with E-state index in [0.29, 0.717) is 37.1 Å². The molecule has 0 aliphatic rings. The third-order valence-corrected chi connectivity index (χ3v) is 6.49. The predicted molar refractivity (Wildman–Crippen MR) is 164 cm³/mol. The second kappa shape index (κ2) is 15.8. The maximum atomic E-state index is 12.7. The number of nitrogens with one attached hydrogen (secondary N) is 2. The second-order valence-corrected chi connectivity index (χ2v) is 9.85. The van der Waals surface area contributed by atoms with Gasteiger partial charge in [-0.15, -0.1) is 0 Å². The topological polar surface area (TPSA) is 123 Å². The zero-order valence-corrected chi connectivity index (χ0v) is 23.1. The van der Waals surface area contributed by atoms with E-state index in [2.05, 4.69) is 21.1 Å². The Morgan fingerprint density at radius 2 is 0.714 bits per heavy atom. The predicted octanol–water partition coefficient (Wildman–Crippen LogP) is 3.62. The summed E-state index contributed by atoms with van der Waals surface area (Å²) in [5.41, 5.74) is 9.91. The summed E-state index contributed by atoms with van der Waals surface area (Å²) in [5, 5.41) is 29.4. The van der Waals surface area contributed by atoms with Crippen LogP contribution in [-0.2, 0) is 35.3 Å². The van der Waals surface area contributed by atoms with Crippen LogP contribution in [0.2, 0.25) is 0 Å². The summed E-state index contributed by atoms with van der Waals surface area (Å²) in [6.45, 7) is 0. The number of carbonyl (C=O) groups excluding carboxylic acids is 2. The van der Waals surface area contributed by atoms with Crippen molar-refractivity contribution in [2.75, 3.05) is 0 Å². The second-order valence-electron chi connectivity index (χ2n) is 9.85. The van der Waals surface area contributed by atoms with Crippen molar-refractivity contribution in [3.05, 3.63) is 144 Å². The zero-order valence-electron chi connectivity index (χ0n) is 23.1. The number of aliphatic hydroxyl groups is 2. The number of hydrogen-bond acceptors (Lipinski definition) is 6. The number of hydrazone groups is 2. The molecule has 0 saturated carbocycles. The van der Waals surface area contributed by atoms with E-state index in [0.717, 1.165) is 22.3 Å². The lowest BCUT2D eigenvalue weighted by Crippen LogP contribution is -2.48. The quantitative estimate of drug-likeness (QED) is 0.147. The van der Waals surface area contributed by atoms with Crippen molar-refractivity contribution in [2.45, 2.75) is 37.9 Å². The van der Waals surface area contributed by atoms with Crippen LogP contribution < -0.4 is 10.9 Å². The molecular formula is C34H34N4O4. The van der Waals surface area contributed by atoms with Crippen LogP contribution in [0.5, 0.6) is 0 Å². The first kappa shape index (κ1) is 30.0. The molecule has 0 radical (unpaired) electrons. The van der Waals surface area contributed by atoms with Gasteiger partial charge in [0.25, 0.3) is 11.8 Å². The molecule has 4 aromatic carbocycles. The van der Waals surface area contributed by atoms with Crippen LogP contribution in [0.25, 0.3) is 0 Å². The summed E-state index contributed by atoms with van der Waals surface area (Å²) in [7, 11) is 0. The van der Waals surface area contributed by atoms with E-state index in [1.54, 1.807) is 0 Å². The number of rotatable bonds is 13. The minimum atomic E-state index is -2.05. The molecular weight excluding hydrogens is 528 g/mol. The van der Waals surface area contributed by atoms with Gasteiger partial charge in [-0.2, -0.15) is 10.2 Å². The standard InChI is InChI=1S/C34H34N4O4/c39-31(33(41)37-35-29(21-25-13-5-1-6-14-25)22-26-15-7-2-8-16-26)32(40)34(42)38-36-30(23-27-17-9-3-10-18-27)24-28-19-11-4-12-20-28/h1-20,31-32,39-40H,21-24H2,(H,37,41)(H,38,42)/t31-,32-/m0/s1. The van der Waals surface area contributed by atoms with Gasteiger partial charge in [0.05, 0.1) is 0 Å². The zero-order chi connectivity index (χ0) is 29.6. The van der Waals surface area contributed by atoms with Crippen molar-refractivity contribution in [2.24, 2.45) is 10.2 Å². The molecule has 0 aliphatic carbocycles. The van der Waals surface area contributed by atoms with Gasteiger partial charge in [0.15, 0.2) is 12.2 Å². The van der Waals surface area contributed by atoms with E-state index in [4.69, 9.17) is 0 Å². The minimum Gasteiger partial charge on any atom is -0.380 e. The molecule has 0 heterocycles. The molecule has 0 unspecified atom stereocenters. The largest absolute Gasteiger partial charge is 0.380 e. The van der Waals surface area contributed by atoms with E-state index >= 15 is 0 Å². The first-order valence-electron chi connectivity index (χ1n) is 13.7. The van der Waals surface area contributed by atoms with Crippen LogP contribution in [0.1, 0.15) is 22.3 Å². The highest BCUT2D eigenvalue weighted by molar-refractivity contribution is 5.94. The van der Waals surface area contributed by atoms with E-state index in [-0.39, 0.29) is 0 Å². The maximum absolute atomic E-state index is 12.7. The molecule has 0 bridgehead atoms. The van der Waals surface area contributed by atoms with Crippen LogP contribution in [-0.4, -0.2) is 45.7 Å². The lowest BCUT2D eigenvalue weighted by atomic mass is 10.0. The van der Waals surface area contributed by atoms with Crippen molar-refractivity contribution in [3.63, 3.8) is 0 Å². The number of hydrogen-bond donors (Lipinski definition) is 4. The van der Waals surface area contributed by atoms with Gasteiger partial charge in [0.2, 0.25) is 0 Å². The summed E-state index contributed by atoms with van der Waals surface area (Å²) in [4.78, 5) is 25.3. The molecule has 0 aromatic heterocycles. The molecule has 0 saturated heterocycles. The molecule has 4 rings (SSSR count). The van der Waals surface area contributed by atoms with Crippen molar-refractivity contribution in [3.8, 4) is 0 Å². The molecule has 42 heavy (non-hydrogen) atoms. The summed E-state index contributed by atoms with van der Waals surface area (Å²) < 4.78 is 0. The van der Waals surface area contributed by atoms with E-state index < -0.39 is 24.0 Å². The Morgan fingerprint density at radius 3 is 0.952 bits per heavy atom. The highest BCUT2D eigenvalue weighted by Gasteiger charge is 2.30. The third-order valence-electron chi connectivity index (χ3n) is 6.49. The molecule has 4 aromatic rings. The van der Waals surface area contributed by atoms with Crippen LogP contribution in [0.15, 0.2) is 132 Å². The summed E-state index contributed by atoms with van der Waals surface area (Å²) in [6.07, 6.45) is -2.23.